The highest BCUT2D eigenvalue weighted by Gasteiger charge is 2.17. The predicted molar refractivity (Wildman–Crippen MR) is 103 cm³/mol. The molecule has 0 spiro atoms. The number of alkyl halides is 2. The molecule has 0 saturated carbocycles. The van der Waals surface area contributed by atoms with Gasteiger partial charge in [0, 0.05) is 5.69 Å². The van der Waals surface area contributed by atoms with E-state index in [4.69, 9.17) is 11.6 Å². The molecule has 1 N–H and O–H groups in total. The van der Waals surface area contributed by atoms with Crippen LogP contribution in [0.3, 0.4) is 0 Å². The number of anilines is 1. The first-order chi connectivity index (χ1) is 13.7. The summed E-state index contributed by atoms with van der Waals surface area (Å²) in [5.41, 5.74) is 1.68. The summed E-state index contributed by atoms with van der Waals surface area (Å²) >= 11 is 7.06. The highest BCUT2D eigenvalue weighted by atomic mass is 35.5. The highest BCUT2D eigenvalue weighted by molar-refractivity contribution is 7.12. The molecule has 0 fully saturated rings. The molecule has 3 rings (SSSR count). The quantitative estimate of drug-likeness (QED) is 0.421. The van der Waals surface area contributed by atoms with Crippen molar-refractivity contribution in [3.8, 4) is 5.75 Å². The van der Waals surface area contributed by atoms with Crippen molar-refractivity contribution in [2.24, 2.45) is 0 Å². The number of amides is 1. The van der Waals surface area contributed by atoms with Gasteiger partial charge in [0.1, 0.15) is 5.75 Å². The van der Waals surface area contributed by atoms with Gasteiger partial charge in [-0.15, -0.1) is 11.3 Å². The molecule has 0 radical (unpaired) electrons. The Morgan fingerprint density at radius 2 is 2.17 bits per heavy atom. The van der Waals surface area contributed by atoms with E-state index in [0.717, 1.165) is 5.56 Å². The zero-order valence-electron chi connectivity index (χ0n) is 14.8. The summed E-state index contributed by atoms with van der Waals surface area (Å²) in [7, 11) is 0. The number of carbonyl (C=O) groups is 1. The summed E-state index contributed by atoms with van der Waals surface area (Å²) in [5, 5.41) is 19.0. The standard InChI is InChI=1S/C17H13ClF2N4O4S/c1-9-4-15(24(26)27)22-23(9)7-10-5-14(29-8-10)16(25)21-11-2-3-13(12(18)6-11)28-17(19)20/h2-6,8,17H,7H2,1H3,(H,21,25). The Balaban J connectivity index is 1.68. The first-order valence-electron chi connectivity index (χ1n) is 8.05. The number of nitrogens with zero attached hydrogens (tertiary/aromatic N) is 3. The van der Waals surface area contributed by atoms with Crippen LogP contribution in [0, 0.1) is 17.0 Å². The molecule has 0 aliphatic heterocycles. The number of rotatable bonds is 7. The number of nitro groups is 1. The third-order valence-electron chi connectivity index (χ3n) is 3.77. The van der Waals surface area contributed by atoms with Crippen LogP contribution < -0.4 is 10.1 Å². The van der Waals surface area contributed by atoms with Gasteiger partial charge in [-0.05, 0) is 47.1 Å². The summed E-state index contributed by atoms with van der Waals surface area (Å²) in [6, 6.07) is 6.94. The van der Waals surface area contributed by atoms with Crippen LogP contribution in [-0.4, -0.2) is 27.2 Å². The molecule has 152 valence electrons. The summed E-state index contributed by atoms with van der Waals surface area (Å²) < 4.78 is 30.3. The van der Waals surface area contributed by atoms with E-state index in [2.05, 4.69) is 15.2 Å². The predicted octanol–water partition coefficient (Wildman–Crippen LogP) is 4.72. The summed E-state index contributed by atoms with van der Waals surface area (Å²) in [6.45, 7) is -1.03. The molecule has 2 heterocycles. The fourth-order valence-corrected chi connectivity index (χ4v) is 3.48. The van der Waals surface area contributed by atoms with Crippen LogP contribution in [0.15, 0.2) is 35.7 Å². The SMILES string of the molecule is Cc1cc([N+](=O)[O-])nn1Cc1csc(C(=O)Nc2ccc(OC(F)F)c(Cl)c2)c1. The minimum Gasteiger partial charge on any atom is -0.433 e. The van der Waals surface area contributed by atoms with Crippen molar-refractivity contribution in [3.63, 3.8) is 0 Å². The Labute approximate surface area is 171 Å². The molecule has 8 nitrogen and oxygen atoms in total. The Hall–Kier alpha value is -3.05. The number of ether oxygens (including phenoxy) is 1. The topological polar surface area (TPSA) is 99.3 Å². The maximum Gasteiger partial charge on any atom is 0.390 e. The van der Waals surface area contributed by atoms with E-state index in [0.29, 0.717) is 16.3 Å². The molecule has 0 atom stereocenters. The molecule has 0 unspecified atom stereocenters. The minimum atomic E-state index is -3.00. The molecule has 29 heavy (non-hydrogen) atoms. The van der Waals surface area contributed by atoms with E-state index >= 15 is 0 Å². The molecule has 0 aliphatic carbocycles. The maximum atomic E-state index is 12.4. The molecule has 0 bridgehead atoms. The normalized spacial score (nSPS) is 10.9. The third-order valence-corrected chi connectivity index (χ3v) is 5.04. The first kappa shape index (κ1) is 20.7. The fraction of sp³-hybridized carbons (Fsp3) is 0.176. The summed E-state index contributed by atoms with van der Waals surface area (Å²) in [6.07, 6.45) is 0. The number of carbonyl (C=O) groups excluding carboxylic acids is 1. The molecule has 1 amide bonds. The molecular formula is C17H13ClF2N4O4S. The van der Waals surface area contributed by atoms with E-state index in [1.807, 2.05) is 0 Å². The molecule has 0 saturated heterocycles. The van der Waals surface area contributed by atoms with Gasteiger partial charge in [-0.2, -0.15) is 13.5 Å². The van der Waals surface area contributed by atoms with Crippen molar-refractivity contribution in [1.82, 2.24) is 9.78 Å². The average molecular weight is 443 g/mol. The van der Waals surface area contributed by atoms with Crippen LogP contribution in [-0.2, 0) is 6.54 Å². The van der Waals surface area contributed by atoms with Crippen LogP contribution >= 0.6 is 22.9 Å². The smallest absolute Gasteiger partial charge is 0.390 e. The molecular weight excluding hydrogens is 430 g/mol. The van der Waals surface area contributed by atoms with E-state index in [-0.39, 0.29) is 23.1 Å². The lowest BCUT2D eigenvalue weighted by Crippen LogP contribution is -2.10. The number of thiophene rings is 1. The number of hydrogen-bond acceptors (Lipinski definition) is 6. The Morgan fingerprint density at radius 1 is 1.41 bits per heavy atom. The average Bonchev–Trinajstić information content (AvgIpc) is 3.25. The van der Waals surface area contributed by atoms with Gasteiger partial charge in [0.15, 0.2) is 0 Å². The number of benzene rings is 1. The van der Waals surface area contributed by atoms with Gasteiger partial charge in [-0.25, -0.2) is 0 Å². The minimum absolute atomic E-state index is 0.0641. The van der Waals surface area contributed by atoms with E-state index in [1.54, 1.807) is 18.4 Å². The summed E-state index contributed by atoms with van der Waals surface area (Å²) in [5.74, 6) is -0.850. The van der Waals surface area contributed by atoms with Gasteiger partial charge in [-0.1, -0.05) is 11.6 Å². The second-order valence-electron chi connectivity index (χ2n) is 5.86. The largest absolute Gasteiger partial charge is 0.433 e. The van der Waals surface area contributed by atoms with Crippen LogP contribution in [0.1, 0.15) is 20.9 Å². The number of halogens is 3. The zero-order valence-corrected chi connectivity index (χ0v) is 16.3. The van der Waals surface area contributed by atoms with Crippen LogP contribution in [0.4, 0.5) is 20.3 Å². The van der Waals surface area contributed by atoms with Gasteiger partial charge in [0.2, 0.25) is 0 Å². The van der Waals surface area contributed by atoms with Gasteiger partial charge >= 0.3 is 12.4 Å². The maximum absolute atomic E-state index is 12.4. The van der Waals surface area contributed by atoms with Crippen LogP contribution in [0.5, 0.6) is 5.75 Å². The summed E-state index contributed by atoms with van der Waals surface area (Å²) in [4.78, 5) is 23.0. The van der Waals surface area contributed by atoms with Crippen LogP contribution in [0.2, 0.25) is 5.02 Å². The molecule has 12 heteroatoms. The Morgan fingerprint density at radius 3 is 2.79 bits per heavy atom. The van der Waals surface area contributed by atoms with Crippen molar-refractivity contribution in [2.75, 3.05) is 5.32 Å². The third kappa shape index (κ3) is 5.06. The number of aryl methyl sites for hydroxylation is 1. The Kier molecular flexibility index (Phi) is 6.09. The number of aromatic nitrogens is 2. The van der Waals surface area contributed by atoms with Gasteiger partial charge < -0.3 is 20.2 Å². The fourth-order valence-electron chi connectivity index (χ4n) is 2.46. The first-order valence-corrected chi connectivity index (χ1v) is 9.30. The van der Waals surface area contributed by atoms with Gasteiger partial charge in [0.05, 0.1) is 33.3 Å². The lowest BCUT2D eigenvalue weighted by Gasteiger charge is -2.09. The molecule has 0 aliphatic rings. The van der Waals surface area contributed by atoms with E-state index in [9.17, 15) is 23.7 Å². The number of nitrogens with one attached hydrogen (secondary N) is 1. The zero-order chi connectivity index (χ0) is 21.1. The second-order valence-corrected chi connectivity index (χ2v) is 7.17. The molecule has 2 aromatic heterocycles. The highest BCUT2D eigenvalue weighted by Crippen LogP contribution is 2.29. The molecule has 1 aromatic carbocycles. The van der Waals surface area contributed by atoms with Crippen molar-refractivity contribution in [3.05, 3.63) is 67.0 Å². The van der Waals surface area contributed by atoms with Crippen molar-refractivity contribution < 1.29 is 23.2 Å². The monoisotopic (exact) mass is 442 g/mol. The van der Waals surface area contributed by atoms with Gasteiger partial charge in [0.25, 0.3) is 5.91 Å². The lowest BCUT2D eigenvalue weighted by atomic mass is 10.2. The van der Waals surface area contributed by atoms with Crippen LogP contribution in [0.25, 0.3) is 0 Å². The van der Waals surface area contributed by atoms with Crippen molar-refractivity contribution in [1.29, 1.82) is 0 Å². The second kappa shape index (κ2) is 8.53. The van der Waals surface area contributed by atoms with Gasteiger partial charge in [-0.3, -0.25) is 4.79 Å². The number of hydrogen-bond donors (Lipinski definition) is 1. The molecule has 3 aromatic rings. The van der Waals surface area contributed by atoms with E-state index < -0.39 is 17.4 Å². The van der Waals surface area contributed by atoms with Crippen molar-refractivity contribution >= 4 is 40.4 Å². The lowest BCUT2D eigenvalue weighted by molar-refractivity contribution is -0.389. The van der Waals surface area contributed by atoms with E-state index in [1.165, 1.54) is 40.3 Å². The Bertz CT molecular complexity index is 1070. The van der Waals surface area contributed by atoms with Crippen molar-refractivity contribution in [2.45, 2.75) is 20.1 Å².